The van der Waals surface area contributed by atoms with Crippen molar-refractivity contribution in [1.29, 1.82) is 0 Å². The summed E-state index contributed by atoms with van der Waals surface area (Å²) in [5, 5.41) is 23.3. The van der Waals surface area contributed by atoms with Gasteiger partial charge in [-0.25, -0.2) is 4.79 Å². The summed E-state index contributed by atoms with van der Waals surface area (Å²) in [7, 11) is 0. The van der Waals surface area contributed by atoms with Crippen molar-refractivity contribution in [2.45, 2.75) is 6.92 Å². The monoisotopic (exact) mass is 448 g/mol. The molecule has 0 saturated carbocycles. The van der Waals surface area contributed by atoms with Crippen molar-refractivity contribution in [2.24, 2.45) is 0 Å². The Morgan fingerprint density at radius 2 is 1.76 bits per heavy atom. The summed E-state index contributed by atoms with van der Waals surface area (Å²) in [5.41, 5.74) is 5.78. The van der Waals surface area contributed by atoms with E-state index in [0.29, 0.717) is 5.56 Å². The number of hydrogen-bond acceptors (Lipinski definition) is 7. The molecule has 1 aliphatic rings. The third-order valence-corrected chi connectivity index (χ3v) is 5.15. The van der Waals surface area contributed by atoms with Crippen LogP contribution < -0.4 is 21.9 Å². The Morgan fingerprint density at radius 1 is 1.03 bits per heavy atom. The van der Waals surface area contributed by atoms with Crippen LogP contribution in [-0.2, 0) is 0 Å². The Morgan fingerprint density at radius 3 is 2.45 bits per heavy atom. The summed E-state index contributed by atoms with van der Waals surface area (Å²) in [5.74, 6) is -4.13. The van der Waals surface area contributed by atoms with Crippen molar-refractivity contribution in [3.05, 3.63) is 80.6 Å². The standard InChI is InChI=1S/C22H16N4O7/c1-9-2-3-10(19(29)24-11-4-5-15(27)12(7-11)22(32)33)6-14(9)26-16(28)8-13-17(18(26)23)21(31)25-20(13)30/h2-8,27H,23H2,1H3,(H,24,29)(H,32,33)(H,25,30,31). The van der Waals surface area contributed by atoms with Crippen molar-refractivity contribution in [3.8, 4) is 11.4 Å². The number of phenols is 1. The molecule has 3 amide bonds. The highest BCUT2D eigenvalue weighted by molar-refractivity contribution is 6.23. The van der Waals surface area contributed by atoms with Gasteiger partial charge in [-0.15, -0.1) is 0 Å². The van der Waals surface area contributed by atoms with E-state index in [2.05, 4.69) is 10.6 Å². The fraction of sp³-hybridized carbons (Fsp3) is 0.0455. The highest BCUT2D eigenvalue weighted by atomic mass is 16.4. The van der Waals surface area contributed by atoms with Gasteiger partial charge in [0.2, 0.25) is 0 Å². The number of aromatic nitrogens is 1. The molecule has 0 bridgehead atoms. The lowest BCUT2D eigenvalue weighted by molar-refractivity contribution is 0.0692. The number of carboxylic acids is 1. The number of carbonyl (C=O) groups excluding carboxylic acids is 3. The van der Waals surface area contributed by atoms with Crippen LogP contribution in [0.5, 0.6) is 5.75 Å². The molecule has 4 rings (SSSR count). The number of imide groups is 1. The summed E-state index contributed by atoms with van der Waals surface area (Å²) in [6.07, 6.45) is 0. The van der Waals surface area contributed by atoms with Crippen molar-refractivity contribution in [3.63, 3.8) is 0 Å². The number of hydrogen-bond donors (Lipinski definition) is 5. The number of aromatic carboxylic acids is 1. The molecular formula is C22H16N4O7. The molecule has 0 unspecified atom stereocenters. The second-order valence-corrected chi connectivity index (χ2v) is 7.27. The summed E-state index contributed by atoms with van der Waals surface area (Å²) in [4.78, 5) is 60.7. The number of amides is 3. The van der Waals surface area contributed by atoms with E-state index < -0.39 is 35.0 Å². The van der Waals surface area contributed by atoms with E-state index in [1.165, 1.54) is 18.2 Å². The Labute approximate surface area is 185 Å². The van der Waals surface area contributed by atoms with E-state index >= 15 is 0 Å². The summed E-state index contributed by atoms with van der Waals surface area (Å²) in [6.45, 7) is 1.67. The maximum absolute atomic E-state index is 12.8. The lowest BCUT2D eigenvalue weighted by Crippen LogP contribution is -2.25. The summed E-state index contributed by atoms with van der Waals surface area (Å²) >= 11 is 0. The molecule has 0 fully saturated rings. The average Bonchev–Trinajstić information content (AvgIpc) is 3.03. The molecule has 1 aromatic heterocycles. The minimum absolute atomic E-state index is 0.105. The highest BCUT2D eigenvalue weighted by Crippen LogP contribution is 2.26. The molecule has 2 aromatic carbocycles. The zero-order valence-electron chi connectivity index (χ0n) is 17.0. The van der Waals surface area contributed by atoms with E-state index in [4.69, 9.17) is 10.8 Å². The first-order valence-corrected chi connectivity index (χ1v) is 9.48. The smallest absolute Gasteiger partial charge is 0.339 e. The first kappa shape index (κ1) is 21.3. The van der Waals surface area contributed by atoms with Gasteiger partial charge < -0.3 is 21.3 Å². The number of aromatic hydroxyl groups is 1. The molecular weight excluding hydrogens is 432 g/mol. The van der Waals surface area contributed by atoms with E-state index in [-0.39, 0.29) is 39.4 Å². The largest absolute Gasteiger partial charge is 0.507 e. The number of nitrogen functional groups attached to an aromatic ring is 1. The SMILES string of the molecule is Cc1ccc(C(=O)Nc2ccc(O)c(C(=O)O)c2)cc1-n1c(N)c2c(cc1=O)C(=O)NC2=O. The molecule has 0 aliphatic carbocycles. The fourth-order valence-electron chi connectivity index (χ4n) is 3.51. The van der Waals surface area contributed by atoms with Gasteiger partial charge in [0.05, 0.1) is 16.8 Å². The Kier molecular flexibility index (Phi) is 4.93. The number of nitrogens with one attached hydrogen (secondary N) is 2. The van der Waals surface area contributed by atoms with Crippen molar-refractivity contribution < 1.29 is 29.4 Å². The minimum atomic E-state index is -1.37. The number of anilines is 2. The third kappa shape index (κ3) is 3.57. The average molecular weight is 448 g/mol. The molecule has 3 aromatic rings. The number of rotatable bonds is 4. The van der Waals surface area contributed by atoms with E-state index in [1.54, 1.807) is 13.0 Å². The van der Waals surface area contributed by atoms with Gasteiger partial charge in [-0.3, -0.25) is 29.1 Å². The number of nitrogens with zero attached hydrogens (tertiary/aromatic N) is 1. The van der Waals surface area contributed by atoms with Crippen LogP contribution >= 0.6 is 0 Å². The molecule has 11 heteroatoms. The highest BCUT2D eigenvalue weighted by Gasteiger charge is 2.32. The van der Waals surface area contributed by atoms with Crippen LogP contribution in [0.3, 0.4) is 0 Å². The number of pyridine rings is 1. The number of fused-ring (bicyclic) bond motifs is 1. The van der Waals surface area contributed by atoms with Gasteiger partial charge in [-0.2, -0.15) is 0 Å². The maximum Gasteiger partial charge on any atom is 0.339 e. The van der Waals surface area contributed by atoms with Gasteiger partial charge in [0.25, 0.3) is 23.3 Å². The fourth-order valence-corrected chi connectivity index (χ4v) is 3.51. The zero-order valence-corrected chi connectivity index (χ0v) is 17.0. The summed E-state index contributed by atoms with van der Waals surface area (Å²) < 4.78 is 1.03. The number of nitrogens with two attached hydrogens (primary N) is 1. The van der Waals surface area contributed by atoms with Crippen LogP contribution in [0.4, 0.5) is 11.5 Å². The number of carboxylic acid groups (broad SMARTS) is 1. The molecule has 2 heterocycles. The molecule has 11 nitrogen and oxygen atoms in total. The second kappa shape index (κ2) is 7.64. The topological polar surface area (TPSA) is 181 Å². The second-order valence-electron chi connectivity index (χ2n) is 7.27. The number of benzene rings is 2. The molecule has 0 atom stereocenters. The first-order chi connectivity index (χ1) is 15.6. The van der Waals surface area contributed by atoms with Crippen LogP contribution in [0.25, 0.3) is 5.69 Å². The molecule has 0 saturated heterocycles. The quantitative estimate of drug-likeness (QED) is 0.292. The first-order valence-electron chi connectivity index (χ1n) is 9.48. The number of carbonyl (C=O) groups is 4. The van der Waals surface area contributed by atoms with Crippen LogP contribution in [0.2, 0.25) is 0 Å². The molecule has 166 valence electrons. The molecule has 6 N–H and O–H groups in total. The Balaban J connectivity index is 1.75. The van der Waals surface area contributed by atoms with Crippen LogP contribution in [0, 0.1) is 6.92 Å². The van der Waals surface area contributed by atoms with E-state index in [1.807, 2.05) is 0 Å². The lowest BCUT2D eigenvalue weighted by Gasteiger charge is -2.15. The maximum atomic E-state index is 12.8. The number of aryl methyl sites for hydroxylation is 1. The van der Waals surface area contributed by atoms with Gasteiger partial charge in [-0.1, -0.05) is 6.07 Å². The molecule has 0 radical (unpaired) electrons. The molecule has 0 spiro atoms. The van der Waals surface area contributed by atoms with Gasteiger partial charge in [0, 0.05) is 17.3 Å². The summed E-state index contributed by atoms with van der Waals surface area (Å²) in [6, 6.07) is 8.99. The van der Waals surface area contributed by atoms with Crippen molar-refractivity contribution in [1.82, 2.24) is 9.88 Å². The van der Waals surface area contributed by atoms with Gasteiger partial charge in [-0.05, 0) is 42.8 Å². The van der Waals surface area contributed by atoms with Crippen molar-refractivity contribution >= 4 is 35.2 Å². The van der Waals surface area contributed by atoms with Gasteiger partial charge >= 0.3 is 5.97 Å². The van der Waals surface area contributed by atoms with Crippen LogP contribution in [0.1, 0.15) is 47.0 Å². The zero-order chi connectivity index (χ0) is 24.0. The predicted octanol–water partition coefficient (Wildman–Crippen LogP) is 1.27. The molecule has 1 aliphatic heterocycles. The van der Waals surface area contributed by atoms with E-state index in [0.717, 1.165) is 22.8 Å². The van der Waals surface area contributed by atoms with Crippen LogP contribution in [0.15, 0.2) is 47.3 Å². The predicted molar refractivity (Wildman–Crippen MR) is 116 cm³/mol. The third-order valence-electron chi connectivity index (χ3n) is 5.15. The van der Waals surface area contributed by atoms with E-state index in [9.17, 15) is 29.1 Å². The van der Waals surface area contributed by atoms with Crippen LogP contribution in [-0.4, -0.2) is 38.5 Å². The minimum Gasteiger partial charge on any atom is -0.507 e. The lowest BCUT2D eigenvalue weighted by atomic mass is 10.1. The Bertz CT molecular complexity index is 1460. The van der Waals surface area contributed by atoms with Gasteiger partial charge in [0.15, 0.2) is 0 Å². The van der Waals surface area contributed by atoms with Gasteiger partial charge in [0.1, 0.15) is 17.1 Å². The molecule has 33 heavy (non-hydrogen) atoms. The Hall–Kier alpha value is -4.93. The van der Waals surface area contributed by atoms with Crippen molar-refractivity contribution in [2.75, 3.05) is 11.1 Å². The normalized spacial score (nSPS) is 12.3.